The van der Waals surface area contributed by atoms with Gasteiger partial charge >= 0.3 is 6.18 Å². The molecule has 0 bridgehead atoms. The number of hydrogen-bond donors (Lipinski definition) is 1. The minimum atomic E-state index is -4.32. The largest absolute Gasteiger partial charge is 0.431 e. The van der Waals surface area contributed by atoms with E-state index in [1.165, 1.54) is 0 Å². The molecule has 0 aliphatic rings. The highest BCUT2D eigenvalue weighted by molar-refractivity contribution is 9.10. The van der Waals surface area contributed by atoms with E-state index in [1.54, 1.807) is 18.2 Å². The average molecular weight is 264 g/mol. The zero-order valence-electron chi connectivity index (χ0n) is 6.82. The second-order valence-corrected chi connectivity index (χ2v) is 3.74. The number of halogens is 4. The van der Waals surface area contributed by atoms with Crippen LogP contribution in [-0.2, 0) is 6.18 Å². The van der Waals surface area contributed by atoms with Crippen molar-refractivity contribution in [1.82, 2.24) is 4.98 Å². The Kier molecular flexibility index (Phi) is 2.06. The van der Waals surface area contributed by atoms with Crippen molar-refractivity contribution in [1.29, 1.82) is 0 Å². The average Bonchev–Trinajstić information content (AvgIpc) is 2.48. The first-order chi connectivity index (χ1) is 6.48. The van der Waals surface area contributed by atoms with E-state index in [9.17, 15) is 13.2 Å². The molecule has 2 aromatic rings. The van der Waals surface area contributed by atoms with Crippen molar-refractivity contribution in [3.05, 3.63) is 34.4 Å². The molecule has 1 heterocycles. The van der Waals surface area contributed by atoms with Crippen molar-refractivity contribution in [2.24, 2.45) is 0 Å². The predicted molar refractivity (Wildman–Crippen MR) is 51.0 cm³/mol. The normalized spacial score (nSPS) is 12.3. The van der Waals surface area contributed by atoms with Gasteiger partial charge in [0.25, 0.3) is 0 Å². The first-order valence-electron chi connectivity index (χ1n) is 3.83. The molecule has 0 radical (unpaired) electrons. The van der Waals surface area contributed by atoms with Crippen LogP contribution in [0.25, 0.3) is 10.9 Å². The SMILES string of the molecule is FC(F)(F)c1cc2cccc(Br)c2[nH]1. The number of rotatable bonds is 0. The Labute approximate surface area is 86.1 Å². The fourth-order valence-corrected chi connectivity index (χ4v) is 1.75. The number of nitrogens with one attached hydrogen (secondary N) is 1. The van der Waals surface area contributed by atoms with Crippen molar-refractivity contribution in [3.8, 4) is 0 Å². The molecule has 2 rings (SSSR count). The Morgan fingerprint density at radius 1 is 1.21 bits per heavy atom. The lowest BCUT2D eigenvalue weighted by atomic mass is 10.2. The molecule has 1 aromatic carbocycles. The van der Waals surface area contributed by atoms with Crippen LogP contribution < -0.4 is 0 Å². The number of fused-ring (bicyclic) bond motifs is 1. The van der Waals surface area contributed by atoms with Gasteiger partial charge in [-0.2, -0.15) is 13.2 Å². The van der Waals surface area contributed by atoms with Crippen LogP contribution in [0.1, 0.15) is 5.69 Å². The van der Waals surface area contributed by atoms with Crippen molar-refractivity contribution in [3.63, 3.8) is 0 Å². The third-order valence-corrected chi connectivity index (χ3v) is 2.57. The van der Waals surface area contributed by atoms with E-state index in [4.69, 9.17) is 0 Å². The Morgan fingerprint density at radius 3 is 2.50 bits per heavy atom. The van der Waals surface area contributed by atoms with Gasteiger partial charge in [0, 0.05) is 9.86 Å². The monoisotopic (exact) mass is 263 g/mol. The minimum absolute atomic E-state index is 0.472. The third kappa shape index (κ3) is 1.52. The quantitative estimate of drug-likeness (QED) is 0.741. The predicted octanol–water partition coefficient (Wildman–Crippen LogP) is 3.95. The third-order valence-electron chi connectivity index (χ3n) is 1.91. The summed E-state index contributed by atoms with van der Waals surface area (Å²) >= 11 is 3.18. The van der Waals surface area contributed by atoms with Gasteiger partial charge in [-0.25, -0.2) is 0 Å². The summed E-state index contributed by atoms with van der Waals surface area (Å²) in [5.41, 5.74) is -0.251. The Morgan fingerprint density at radius 2 is 1.93 bits per heavy atom. The van der Waals surface area contributed by atoms with Crippen LogP contribution in [0.15, 0.2) is 28.7 Å². The van der Waals surface area contributed by atoms with Gasteiger partial charge < -0.3 is 4.98 Å². The molecular formula is C9H5BrF3N. The van der Waals surface area contributed by atoms with E-state index in [2.05, 4.69) is 20.9 Å². The fourth-order valence-electron chi connectivity index (χ4n) is 1.27. The standard InChI is InChI=1S/C9H5BrF3N/c10-6-3-1-2-5-4-7(9(11,12)13)14-8(5)6/h1-4,14H. The molecule has 1 nitrogen and oxygen atoms in total. The van der Waals surface area contributed by atoms with E-state index < -0.39 is 11.9 Å². The van der Waals surface area contributed by atoms with Crippen LogP contribution in [0, 0.1) is 0 Å². The summed E-state index contributed by atoms with van der Waals surface area (Å²) in [4.78, 5) is 2.33. The molecule has 5 heteroatoms. The maximum Gasteiger partial charge on any atom is 0.431 e. The maximum atomic E-state index is 12.3. The Hall–Kier alpha value is -0.970. The van der Waals surface area contributed by atoms with Crippen LogP contribution in [0.4, 0.5) is 13.2 Å². The molecule has 0 fully saturated rings. The van der Waals surface area contributed by atoms with Crippen molar-refractivity contribution < 1.29 is 13.2 Å². The molecule has 0 spiro atoms. The Balaban J connectivity index is 2.69. The number of hydrogen-bond acceptors (Lipinski definition) is 0. The lowest BCUT2D eigenvalue weighted by Crippen LogP contribution is -2.04. The summed E-state index contributed by atoms with van der Waals surface area (Å²) in [6.45, 7) is 0. The van der Waals surface area contributed by atoms with Gasteiger partial charge in [0.05, 0.1) is 5.52 Å². The van der Waals surface area contributed by atoms with Gasteiger partial charge in [0.15, 0.2) is 0 Å². The second kappa shape index (κ2) is 3.02. The van der Waals surface area contributed by atoms with Crippen LogP contribution >= 0.6 is 15.9 Å². The number of para-hydroxylation sites is 1. The van der Waals surface area contributed by atoms with E-state index in [1.807, 2.05) is 0 Å². The lowest BCUT2D eigenvalue weighted by molar-refractivity contribution is -0.140. The summed E-state index contributed by atoms with van der Waals surface area (Å²) in [5.74, 6) is 0. The van der Waals surface area contributed by atoms with Crippen molar-refractivity contribution in [2.45, 2.75) is 6.18 Å². The zero-order chi connectivity index (χ0) is 10.3. The summed E-state index contributed by atoms with van der Waals surface area (Å²) in [6.07, 6.45) is -4.32. The van der Waals surface area contributed by atoms with E-state index >= 15 is 0 Å². The number of aromatic nitrogens is 1. The van der Waals surface area contributed by atoms with Crippen LogP contribution in [0.5, 0.6) is 0 Å². The van der Waals surface area contributed by atoms with Crippen LogP contribution in [-0.4, -0.2) is 4.98 Å². The maximum absolute atomic E-state index is 12.3. The van der Waals surface area contributed by atoms with Gasteiger partial charge in [-0.3, -0.25) is 0 Å². The smallest absolute Gasteiger partial charge is 0.350 e. The molecule has 0 unspecified atom stereocenters. The number of H-pyrrole nitrogens is 1. The fraction of sp³-hybridized carbons (Fsp3) is 0.111. The number of benzene rings is 1. The molecule has 74 valence electrons. The van der Waals surface area contributed by atoms with Gasteiger partial charge in [-0.1, -0.05) is 12.1 Å². The molecule has 0 amide bonds. The summed E-state index contributed by atoms with van der Waals surface area (Å²) in [5, 5.41) is 0.548. The molecule has 0 aliphatic carbocycles. The first-order valence-corrected chi connectivity index (χ1v) is 4.62. The second-order valence-electron chi connectivity index (χ2n) is 2.88. The van der Waals surface area contributed by atoms with Crippen LogP contribution in [0.3, 0.4) is 0 Å². The lowest BCUT2D eigenvalue weighted by Gasteiger charge is -2.01. The Bertz CT molecular complexity index is 472. The van der Waals surface area contributed by atoms with Crippen molar-refractivity contribution >= 4 is 26.8 Å². The molecule has 1 aromatic heterocycles. The van der Waals surface area contributed by atoms with Crippen molar-refractivity contribution in [2.75, 3.05) is 0 Å². The molecule has 1 N–H and O–H groups in total. The van der Waals surface area contributed by atoms with Gasteiger partial charge in [-0.15, -0.1) is 0 Å². The number of alkyl halides is 3. The zero-order valence-corrected chi connectivity index (χ0v) is 8.41. The van der Waals surface area contributed by atoms with Crippen LogP contribution in [0.2, 0.25) is 0 Å². The summed E-state index contributed by atoms with van der Waals surface area (Å²) in [6, 6.07) is 6.12. The summed E-state index contributed by atoms with van der Waals surface area (Å²) in [7, 11) is 0. The minimum Gasteiger partial charge on any atom is -0.350 e. The summed E-state index contributed by atoms with van der Waals surface area (Å²) < 4.78 is 37.6. The molecule has 0 saturated heterocycles. The topological polar surface area (TPSA) is 15.8 Å². The molecule has 0 atom stereocenters. The first kappa shape index (κ1) is 9.58. The molecular weight excluding hydrogens is 259 g/mol. The van der Waals surface area contributed by atoms with Gasteiger partial charge in [0.2, 0.25) is 0 Å². The molecule has 14 heavy (non-hydrogen) atoms. The van der Waals surface area contributed by atoms with E-state index in [0.29, 0.717) is 15.4 Å². The van der Waals surface area contributed by atoms with E-state index in [0.717, 1.165) is 6.07 Å². The molecule has 0 aliphatic heterocycles. The highest BCUT2D eigenvalue weighted by atomic mass is 79.9. The van der Waals surface area contributed by atoms with Gasteiger partial charge in [-0.05, 0) is 28.1 Å². The highest BCUT2D eigenvalue weighted by Gasteiger charge is 2.32. The molecule has 0 saturated carbocycles. The van der Waals surface area contributed by atoms with E-state index in [-0.39, 0.29) is 0 Å². The highest BCUT2D eigenvalue weighted by Crippen LogP contribution is 2.33. The van der Waals surface area contributed by atoms with Gasteiger partial charge in [0.1, 0.15) is 5.69 Å². The number of aromatic amines is 1.